The fourth-order valence-electron chi connectivity index (χ4n) is 4.67. The molecule has 7 nitrogen and oxygen atoms in total. The molecular weight excluding hydrogens is 541 g/mol. The number of hydrogen-bond acceptors (Lipinski definition) is 4. The third kappa shape index (κ3) is 8.39. The lowest BCUT2D eigenvalue weighted by molar-refractivity contribution is -0.140. The average Bonchev–Trinajstić information content (AvgIpc) is 2.92. The Kier molecular flexibility index (Phi) is 11.1. The van der Waals surface area contributed by atoms with Crippen LogP contribution in [-0.4, -0.2) is 44.3 Å². The Morgan fingerprint density at radius 3 is 2.05 bits per heavy atom. The maximum atomic E-state index is 14.1. The van der Waals surface area contributed by atoms with Gasteiger partial charge in [0.05, 0.1) is 10.6 Å². The number of carbonyl (C=O) groups excluding carboxylic acids is 2. The highest BCUT2D eigenvalue weighted by Gasteiger charge is 2.33. The summed E-state index contributed by atoms with van der Waals surface area (Å²) in [7, 11) is -4.15. The van der Waals surface area contributed by atoms with E-state index in [1.165, 1.54) is 29.2 Å². The highest BCUT2D eigenvalue weighted by Crippen LogP contribution is 2.27. The van der Waals surface area contributed by atoms with Crippen LogP contribution < -0.4 is 9.62 Å². The quantitative estimate of drug-likeness (QED) is 0.264. The van der Waals surface area contributed by atoms with E-state index >= 15 is 0 Å². The zero-order valence-electron chi connectivity index (χ0n) is 24.5. The van der Waals surface area contributed by atoms with Gasteiger partial charge in [-0.15, -0.1) is 0 Å². The summed E-state index contributed by atoms with van der Waals surface area (Å²) in [5.41, 5.74) is 3.59. The minimum Gasteiger partial charge on any atom is -0.354 e. The summed E-state index contributed by atoms with van der Waals surface area (Å²) in [6.45, 7) is 9.40. The Morgan fingerprint density at radius 2 is 1.49 bits per heavy atom. The average molecular weight is 582 g/mol. The molecule has 0 saturated heterocycles. The van der Waals surface area contributed by atoms with Crippen LogP contribution in [0.5, 0.6) is 0 Å². The number of rotatable bonds is 13. The molecule has 0 aliphatic rings. The predicted octanol–water partition coefficient (Wildman–Crippen LogP) is 5.67. The maximum absolute atomic E-state index is 14.1. The zero-order chi connectivity index (χ0) is 30.2. The molecule has 9 heteroatoms. The van der Waals surface area contributed by atoms with Crippen molar-refractivity contribution in [2.24, 2.45) is 0 Å². The van der Waals surface area contributed by atoms with Crippen molar-refractivity contribution in [3.8, 4) is 0 Å². The van der Waals surface area contributed by atoms with Gasteiger partial charge in [0.2, 0.25) is 11.8 Å². The second-order valence-corrected chi connectivity index (χ2v) is 12.2. The first-order valence-corrected chi connectivity index (χ1v) is 15.4. The van der Waals surface area contributed by atoms with Crippen molar-refractivity contribution in [1.29, 1.82) is 0 Å². The molecule has 0 unspecified atom stereocenters. The number of carbonyl (C=O) groups is 2. The van der Waals surface area contributed by atoms with Gasteiger partial charge in [-0.3, -0.25) is 13.9 Å². The van der Waals surface area contributed by atoms with Crippen molar-refractivity contribution in [2.45, 2.75) is 71.4 Å². The van der Waals surface area contributed by atoms with Crippen molar-refractivity contribution in [2.75, 3.05) is 17.4 Å². The number of anilines is 1. The molecule has 3 rings (SSSR count). The van der Waals surface area contributed by atoms with Gasteiger partial charge < -0.3 is 10.2 Å². The third-order valence-corrected chi connectivity index (χ3v) is 8.65. The third-order valence-electron chi connectivity index (χ3n) is 6.86. The number of nitrogens with one attached hydrogen (secondary N) is 1. The van der Waals surface area contributed by atoms with Crippen molar-refractivity contribution >= 4 is 27.5 Å². The van der Waals surface area contributed by atoms with Crippen LogP contribution in [-0.2, 0) is 26.2 Å². The molecule has 0 fully saturated rings. The van der Waals surface area contributed by atoms with Crippen LogP contribution in [0.25, 0.3) is 0 Å². The standard InChI is InChI=1S/C32H40FN3O4S/c1-6-8-17-34-32(38)30(7-2)35(21-26-11-13-27(33)14-12-26)31(37)22-36(28-19-24(4)18-25(5)20-28)41(39,40)29-15-9-23(3)10-16-29/h9-16,18-20,30H,6-8,17,21-22H2,1-5H3,(H,34,38)/t30-/m1/s1. The van der Waals surface area contributed by atoms with Gasteiger partial charge in [0.1, 0.15) is 18.4 Å². The van der Waals surface area contributed by atoms with E-state index in [4.69, 9.17) is 0 Å². The number of nitrogens with zero attached hydrogens (tertiary/aromatic N) is 2. The molecule has 1 atom stereocenters. The highest BCUT2D eigenvalue weighted by molar-refractivity contribution is 7.92. The molecule has 1 N–H and O–H groups in total. The van der Waals surface area contributed by atoms with Gasteiger partial charge in [0.25, 0.3) is 10.0 Å². The van der Waals surface area contributed by atoms with Gasteiger partial charge >= 0.3 is 0 Å². The van der Waals surface area contributed by atoms with E-state index in [0.717, 1.165) is 33.8 Å². The van der Waals surface area contributed by atoms with Gasteiger partial charge in [0.15, 0.2) is 0 Å². The van der Waals surface area contributed by atoms with Crippen LogP contribution in [0.2, 0.25) is 0 Å². The van der Waals surface area contributed by atoms with Crippen LogP contribution in [0.3, 0.4) is 0 Å². The Labute approximate surface area is 243 Å². The SMILES string of the molecule is CCCCNC(=O)[C@@H](CC)N(Cc1ccc(F)cc1)C(=O)CN(c1cc(C)cc(C)c1)S(=O)(=O)c1ccc(C)cc1. The fourth-order valence-corrected chi connectivity index (χ4v) is 6.07. The van der Waals surface area contributed by atoms with Gasteiger partial charge in [0, 0.05) is 13.1 Å². The molecule has 3 aromatic rings. The van der Waals surface area contributed by atoms with Crippen molar-refractivity contribution in [1.82, 2.24) is 10.2 Å². The molecule has 0 saturated carbocycles. The first-order valence-electron chi connectivity index (χ1n) is 14.0. The van der Waals surface area contributed by atoms with Crippen LogP contribution in [0.15, 0.2) is 71.6 Å². The number of aryl methyl sites for hydroxylation is 3. The van der Waals surface area contributed by atoms with E-state index in [9.17, 15) is 22.4 Å². The number of sulfonamides is 1. The Balaban J connectivity index is 2.06. The van der Waals surface area contributed by atoms with Gasteiger partial charge in [-0.25, -0.2) is 12.8 Å². The van der Waals surface area contributed by atoms with E-state index in [1.54, 1.807) is 43.3 Å². The lowest BCUT2D eigenvalue weighted by Crippen LogP contribution is -2.52. The van der Waals surface area contributed by atoms with Crippen molar-refractivity contribution in [3.05, 3.63) is 94.8 Å². The van der Waals surface area contributed by atoms with Gasteiger partial charge in [-0.05, 0) is 86.7 Å². The second-order valence-electron chi connectivity index (χ2n) is 10.4. The summed E-state index contributed by atoms with van der Waals surface area (Å²) < 4.78 is 42.7. The largest absolute Gasteiger partial charge is 0.354 e. The molecule has 0 heterocycles. The highest BCUT2D eigenvalue weighted by atomic mass is 32.2. The normalized spacial score (nSPS) is 12.0. The minimum atomic E-state index is -4.15. The fraction of sp³-hybridized carbons (Fsp3) is 0.375. The number of halogens is 1. The first-order chi connectivity index (χ1) is 19.5. The monoisotopic (exact) mass is 581 g/mol. The summed E-state index contributed by atoms with van der Waals surface area (Å²) in [6.07, 6.45) is 2.01. The molecule has 0 radical (unpaired) electrons. The molecule has 3 aromatic carbocycles. The summed E-state index contributed by atoms with van der Waals surface area (Å²) in [5.74, 6) is -1.27. The summed E-state index contributed by atoms with van der Waals surface area (Å²) >= 11 is 0. The molecule has 0 aliphatic carbocycles. The van der Waals surface area contributed by atoms with E-state index < -0.39 is 34.3 Å². The number of hydrogen-bond donors (Lipinski definition) is 1. The summed E-state index contributed by atoms with van der Waals surface area (Å²) in [5, 5.41) is 2.90. The van der Waals surface area contributed by atoms with Crippen LogP contribution in [0.1, 0.15) is 55.4 Å². The van der Waals surface area contributed by atoms with Crippen LogP contribution >= 0.6 is 0 Å². The molecule has 220 valence electrons. The van der Waals surface area contributed by atoms with E-state index in [1.807, 2.05) is 33.8 Å². The predicted molar refractivity (Wildman–Crippen MR) is 161 cm³/mol. The zero-order valence-corrected chi connectivity index (χ0v) is 25.3. The lowest BCUT2D eigenvalue weighted by atomic mass is 10.1. The first kappa shape index (κ1) is 31.8. The number of unbranched alkanes of at least 4 members (excludes halogenated alkanes) is 1. The van der Waals surface area contributed by atoms with E-state index in [0.29, 0.717) is 24.2 Å². The van der Waals surface area contributed by atoms with Gasteiger partial charge in [-0.2, -0.15) is 0 Å². The molecule has 0 aliphatic heterocycles. The summed E-state index contributed by atoms with van der Waals surface area (Å²) in [4.78, 5) is 28.8. The van der Waals surface area contributed by atoms with Crippen molar-refractivity contribution in [3.63, 3.8) is 0 Å². The molecular formula is C32H40FN3O4S. The van der Waals surface area contributed by atoms with E-state index in [2.05, 4.69) is 5.32 Å². The Morgan fingerprint density at radius 1 is 0.878 bits per heavy atom. The van der Waals surface area contributed by atoms with E-state index in [-0.39, 0.29) is 17.3 Å². The Bertz CT molecular complexity index is 1420. The Hall–Kier alpha value is -3.72. The second kappa shape index (κ2) is 14.3. The van der Waals surface area contributed by atoms with Gasteiger partial charge in [-0.1, -0.05) is 56.2 Å². The smallest absolute Gasteiger partial charge is 0.264 e. The van der Waals surface area contributed by atoms with Crippen LogP contribution in [0, 0.1) is 26.6 Å². The maximum Gasteiger partial charge on any atom is 0.264 e. The molecule has 0 aromatic heterocycles. The van der Waals surface area contributed by atoms with Crippen molar-refractivity contribution < 1.29 is 22.4 Å². The minimum absolute atomic E-state index is 0.0179. The number of benzene rings is 3. The topological polar surface area (TPSA) is 86.8 Å². The van der Waals surface area contributed by atoms with Crippen LogP contribution in [0.4, 0.5) is 10.1 Å². The molecule has 2 amide bonds. The molecule has 0 spiro atoms. The molecule has 0 bridgehead atoms. The lowest BCUT2D eigenvalue weighted by Gasteiger charge is -2.33. The summed E-state index contributed by atoms with van der Waals surface area (Å²) in [6, 6.07) is 16.7. The number of amides is 2. The molecule has 41 heavy (non-hydrogen) atoms.